The highest BCUT2D eigenvalue weighted by atomic mass is 16.4. The third-order valence-electron chi connectivity index (χ3n) is 1.90. The summed E-state index contributed by atoms with van der Waals surface area (Å²) >= 11 is 0. The highest BCUT2D eigenvalue weighted by Crippen LogP contribution is 2.06. The summed E-state index contributed by atoms with van der Waals surface area (Å²) in [6.07, 6.45) is 3.59. The monoisotopic (exact) mass is 217 g/mol. The molecule has 5 nitrogen and oxygen atoms in total. The summed E-state index contributed by atoms with van der Waals surface area (Å²) in [5.41, 5.74) is 9.76. The van der Waals surface area contributed by atoms with Crippen LogP contribution in [0.1, 0.15) is 11.1 Å². The van der Waals surface area contributed by atoms with Crippen LogP contribution in [0.2, 0.25) is 0 Å². The molecule has 0 aliphatic carbocycles. The predicted molar refractivity (Wildman–Crippen MR) is 60.8 cm³/mol. The van der Waals surface area contributed by atoms with Crippen LogP contribution < -0.4 is 0 Å². The van der Waals surface area contributed by atoms with Gasteiger partial charge in [-0.2, -0.15) is 0 Å². The lowest BCUT2D eigenvalue weighted by atomic mass is 10.1. The summed E-state index contributed by atoms with van der Waals surface area (Å²) in [6.45, 7) is 0.313. The molecule has 0 aliphatic rings. The summed E-state index contributed by atoms with van der Waals surface area (Å²) in [6, 6.07) is 7.18. The van der Waals surface area contributed by atoms with Crippen molar-refractivity contribution in [2.75, 3.05) is 6.54 Å². The van der Waals surface area contributed by atoms with E-state index in [1.165, 1.54) is 0 Å². The van der Waals surface area contributed by atoms with Crippen molar-refractivity contribution in [3.8, 4) is 0 Å². The number of nitrogens with zero attached hydrogens (tertiary/aromatic N) is 3. The summed E-state index contributed by atoms with van der Waals surface area (Å²) < 4.78 is 0. The fraction of sp³-hybridized carbons (Fsp3) is 0.182. The first-order valence-electron chi connectivity index (χ1n) is 4.70. The van der Waals surface area contributed by atoms with Gasteiger partial charge >= 0.3 is 5.97 Å². The van der Waals surface area contributed by atoms with Crippen LogP contribution in [0.25, 0.3) is 16.5 Å². The summed E-state index contributed by atoms with van der Waals surface area (Å²) in [4.78, 5) is 13.1. The van der Waals surface area contributed by atoms with Crippen molar-refractivity contribution in [2.24, 2.45) is 5.11 Å². The van der Waals surface area contributed by atoms with Crippen LogP contribution in [0, 0.1) is 0 Å². The molecule has 82 valence electrons. The van der Waals surface area contributed by atoms with Gasteiger partial charge < -0.3 is 5.11 Å². The Kier molecular flexibility index (Phi) is 4.63. The Morgan fingerprint density at radius 3 is 2.69 bits per heavy atom. The topological polar surface area (TPSA) is 86.1 Å². The van der Waals surface area contributed by atoms with Gasteiger partial charge in [0.25, 0.3) is 0 Å². The van der Waals surface area contributed by atoms with Gasteiger partial charge in [-0.3, -0.25) is 4.79 Å². The Morgan fingerprint density at radius 2 is 2.12 bits per heavy atom. The molecule has 0 aromatic heterocycles. The van der Waals surface area contributed by atoms with Crippen molar-refractivity contribution in [2.45, 2.75) is 6.42 Å². The zero-order valence-electron chi connectivity index (χ0n) is 8.58. The Bertz CT molecular complexity index is 431. The van der Waals surface area contributed by atoms with Gasteiger partial charge in [0.15, 0.2) is 0 Å². The third kappa shape index (κ3) is 4.30. The molecule has 1 aromatic carbocycles. The first kappa shape index (κ1) is 11.8. The second-order valence-electron chi connectivity index (χ2n) is 3.13. The van der Waals surface area contributed by atoms with Crippen LogP contribution in [0.15, 0.2) is 35.5 Å². The Balaban J connectivity index is 2.60. The first-order chi connectivity index (χ1) is 7.72. The number of aliphatic carboxylic acids is 1. The van der Waals surface area contributed by atoms with E-state index in [9.17, 15) is 4.79 Å². The summed E-state index contributed by atoms with van der Waals surface area (Å²) in [7, 11) is 0. The molecule has 0 atom stereocenters. The van der Waals surface area contributed by atoms with E-state index in [0.717, 1.165) is 11.1 Å². The lowest BCUT2D eigenvalue weighted by Gasteiger charge is -1.97. The molecule has 0 radical (unpaired) electrons. The maximum atomic E-state index is 10.4. The summed E-state index contributed by atoms with van der Waals surface area (Å²) in [5, 5.41) is 11.9. The van der Waals surface area contributed by atoms with Gasteiger partial charge in [0.2, 0.25) is 0 Å². The molecule has 16 heavy (non-hydrogen) atoms. The maximum Gasteiger partial charge on any atom is 0.307 e. The molecule has 0 heterocycles. The molecule has 0 fully saturated rings. The van der Waals surface area contributed by atoms with Crippen molar-refractivity contribution < 1.29 is 9.90 Å². The average Bonchev–Trinajstić information content (AvgIpc) is 2.26. The minimum Gasteiger partial charge on any atom is -0.481 e. The molecule has 0 bridgehead atoms. The second-order valence-corrected chi connectivity index (χ2v) is 3.13. The third-order valence-corrected chi connectivity index (χ3v) is 1.90. The lowest BCUT2D eigenvalue weighted by Crippen LogP contribution is -1.99. The minimum absolute atomic E-state index is 0.0305. The van der Waals surface area contributed by atoms with Crippen molar-refractivity contribution in [3.63, 3.8) is 0 Å². The SMILES string of the molecule is [N-]=[N+]=NCC=Cc1ccc(CC(=O)O)cc1. The first-order valence-corrected chi connectivity index (χ1v) is 4.70. The Labute approximate surface area is 92.7 Å². The zero-order valence-corrected chi connectivity index (χ0v) is 8.58. The molecule has 0 saturated carbocycles. The molecule has 0 amide bonds. The van der Waals surface area contributed by atoms with Gasteiger partial charge in [-0.15, -0.1) is 0 Å². The lowest BCUT2D eigenvalue weighted by molar-refractivity contribution is -0.136. The van der Waals surface area contributed by atoms with Crippen molar-refractivity contribution in [1.29, 1.82) is 0 Å². The number of hydrogen-bond acceptors (Lipinski definition) is 2. The Morgan fingerprint density at radius 1 is 1.44 bits per heavy atom. The van der Waals surface area contributed by atoms with Gasteiger partial charge in [-0.25, -0.2) is 0 Å². The number of benzene rings is 1. The van der Waals surface area contributed by atoms with Gasteiger partial charge in [0.1, 0.15) is 0 Å². The largest absolute Gasteiger partial charge is 0.481 e. The van der Waals surface area contributed by atoms with E-state index in [0.29, 0.717) is 6.54 Å². The fourth-order valence-corrected chi connectivity index (χ4v) is 1.19. The van der Waals surface area contributed by atoms with Gasteiger partial charge in [0.05, 0.1) is 6.42 Å². The van der Waals surface area contributed by atoms with Gasteiger partial charge in [-0.1, -0.05) is 41.5 Å². The number of carboxylic acids is 1. The molecule has 1 aromatic rings. The average molecular weight is 217 g/mol. The van der Waals surface area contributed by atoms with E-state index in [-0.39, 0.29) is 6.42 Å². The van der Waals surface area contributed by atoms with E-state index in [4.69, 9.17) is 10.6 Å². The Hall–Kier alpha value is -2.26. The molecule has 1 rings (SSSR count). The van der Waals surface area contributed by atoms with Gasteiger partial charge in [-0.05, 0) is 16.7 Å². The number of hydrogen-bond donors (Lipinski definition) is 1. The zero-order chi connectivity index (χ0) is 11.8. The predicted octanol–water partition coefficient (Wildman–Crippen LogP) is 2.64. The molecule has 1 N–H and O–H groups in total. The highest BCUT2D eigenvalue weighted by Gasteiger charge is 1.98. The standard InChI is InChI=1S/C11H11N3O2/c12-14-13-7-1-2-9-3-5-10(6-4-9)8-11(15)16/h1-6H,7-8H2,(H,15,16). The fourth-order valence-electron chi connectivity index (χ4n) is 1.19. The van der Waals surface area contributed by atoms with Crippen molar-refractivity contribution in [1.82, 2.24) is 0 Å². The van der Waals surface area contributed by atoms with Crippen molar-refractivity contribution >= 4 is 12.0 Å². The van der Waals surface area contributed by atoms with Crippen LogP contribution in [0.3, 0.4) is 0 Å². The van der Waals surface area contributed by atoms with Crippen LogP contribution >= 0.6 is 0 Å². The smallest absolute Gasteiger partial charge is 0.307 e. The molecular weight excluding hydrogens is 206 g/mol. The van der Waals surface area contributed by atoms with Crippen LogP contribution in [0.4, 0.5) is 0 Å². The van der Waals surface area contributed by atoms with E-state index >= 15 is 0 Å². The van der Waals surface area contributed by atoms with E-state index in [1.54, 1.807) is 18.2 Å². The van der Waals surface area contributed by atoms with E-state index in [2.05, 4.69) is 10.0 Å². The van der Waals surface area contributed by atoms with Crippen molar-refractivity contribution in [3.05, 3.63) is 51.9 Å². The number of rotatable bonds is 5. The molecule has 0 unspecified atom stereocenters. The second kappa shape index (κ2) is 6.27. The number of carbonyl (C=O) groups is 1. The number of azide groups is 1. The van der Waals surface area contributed by atoms with E-state index < -0.39 is 5.97 Å². The van der Waals surface area contributed by atoms with Crippen LogP contribution in [0.5, 0.6) is 0 Å². The van der Waals surface area contributed by atoms with Crippen LogP contribution in [-0.4, -0.2) is 17.6 Å². The quantitative estimate of drug-likeness (QED) is 0.467. The normalized spacial score (nSPS) is 10.0. The van der Waals surface area contributed by atoms with Crippen LogP contribution in [-0.2, 0) is 11.2 Å². The highest BCUT2D eigenvalue weighted by molar-refractivity contribution is 5.70. The molecule has 5 heteroatoms. The number of carboxylic acid groups (broad SMARTS) is 1. The summed E-state index contributed by atoms with van der Waals surface area (Å²) in [5.74, 6) is -0.841. The molecule has 0 saturated heterocycles. The molecular formula is C11H11N3O2. The minimum atomic E-state index is -0.841. The molecule has 0 aliphatic heterocycles. The van der Waals surface area contributed by atoms with E-state index in [1.807, 2.05) is 18.2 Å². The maximum absolute atomic E-state index is 10.4. The molecule has 0 spiro atoms. The van der Waals surface area contributed by atoms with Gasteiger partial charge in [0, 0.05) is 11.5 Å².